The van der Waals surface area contributed by atoms with Crippen LogP contribution in [0.25, 0.3) is 5.69 Å². The van der Waals surface area contributed by atoms with E-state index < -0.39 is 0 Å². The topological polar surface area (TPSA) is 46.1 Å². The predicted molar refractivity (Wildman–Crippen MR) is 91.2 cm³/mol. The fraction of sp³-hybridized carbons (Fsp3) is 0.353. The molecule has 3 rings (SSSR count). The van der Waals surface area contributed by atoms with E-state index in [-0.39, 0.29) is 30.2 Å². The number of nitrogens with one attached hydrogen (secondary N) is 2. The van der Waals surface area contributed by atoms with Gasteiger partial charge >= 0.3 is 0 Å². The van der Waals surface area contributed by atoms with Crippen LogP contribution in [0.3, 0.4) is 0 Å². The minimum atomic E-state index is -0.266. The van der Waals surface area contributed by atoms with Crippen molar-refractivity contribution in [2.75, 3.05) is 13.1 Å². The molecule has 124 valence electrons. The van der Waals surface area contributed by atoms with E-state index >= 15 is 0 Å². The van der Waals surface area contributed by atoms with Gasteiger partial charge in [0.2, 0.25) is 0 Å². The van der Waals surface area contributed by atoms with Crippen LogP contribution < -0.4 is 10.6 Å². The summed E-state index contributed by atoms with van der Waals surface area (Å²) < 4.78 is 15.1. The molecule has 4 nitrogen and oxygen atoms in total. The lowest BCUT2D eigenvalue weighted by Gasteiger charge is -2.12. The summed E-state index contributed by atoms with van der Waals surface area (Å²) in [4.78, 5) is 12.5. The maximum Gasteiger partial charge on any atom is 0.253 e. The van der Waals surface area contributed by atoms with Crippen molar-refractivity contribution in [3.05, 3.63) is 53.1 Å². The maximum atomic E-state index is 13.1. The summed E-state index contributed by atoms with van der Waals surface area (Å²) in [7, 11) is 0. The van der Waals surface area contributed by atoms with E-state index in [1.54, 1.807) is 12.1 Å². The quantitative estimate of drug-likeness (QED) is 0.904. The lowest BCUT2D eigenvalue weighted by atomic mass is 10.2. The number of hydrogen-bond donors (Lipinski definition) is 2. The summed E-state index contributed by atoms with van der Waals surface area (Å²) in [6.45, 7) is 5.63. The molecule has 2 heterocycles. The van der Waals surface area contributed by atoms with Crippen molar-refractivity contribution < 1.29 is 9.18 Å². The number of nitrogens with zero attached hydrogens (tertiary/aromatic N) is 1. The predicted octanol–water partition coefficient (Wildman–Crippen LogP) is 2.75. The minimum absolute atomic E-state index is 0. The van der Waals surface area contributed by atoms with Gasteiger partial charge in [-0.3, -0.25) is 4.79 Å². The Bertz CT molecular complexity index is 691. The fourth-order valence-corrected chi connectivity index (χ4v) is 3.02. The number of hydrogen-bond acceptors (Lipinski definition) is 2. The van der Waals surface area contributed by atoms with Crippen LogP contribution in [-0.2, 0) is 0 Å². The van der Waals surface area contributed by atoms with Gasteiger partial charge in [0.25, 0.3) is 5.91 Å². The summed E-state index contributed by atoms with van der Waals surface area (Å²) in [5.74, 6) is -0.312. The standard InChI is InChI=1S/C17H20FN3O.ClH/c1-11-9-16(17(22)20-14-7-8-19-10-14)12(2)21(11)15-5-3-13(18)4-6-15;/h3-6,9,14,19H,7-8,10H2,1-2H3,(H,20,22);1H. The Balaban J connectivity index is 0.00000192. The van der Waals surface area contributed by atoms with Crippen LogP contribution in [0.5, 0.6) is 0 Å². The first-order chi connectivity index (χ1) is 10.6. The summed E-state index contributed by atoms with van der Waals surface area (Å²) in [6, 6.07) is 8.38. The first-order valence-electron chi connectivity index (χ1n) is 7.52. The normalized spacial score (nSPS) is 16.9. The van der Waals surface area contributed by atoms with Crippen molar-refractivity contribution in [1.29, 1.82) is 0 Å². The monoisotopic (exact) mass is 337 g/mol. The summed E-state index contributed by atoms with van der Waals surface area (Å²) in [5.41, 5.74) is 3.36. The second kappa shape index (κ2) is 7.15. The van der Waals surface area contributed by atoms with Gasteiger partial charge in [0, 0.05) is 29.7 Å². The molecule has 23 heavy (non-hydrogen) atoms. The Labute approximate surface area is 141 Å². The highest BCUT2D eigenvalue weighted by Crippen LogP contribution is 2.21. The van der Waals surface area contributed by atoms with E-state index in [0.717, 1.165) is 36.6 Å². The Hall–Kier alpha value is -1.85. The minimum Gasteiger partial charge on any atom is -0.348 e. The number of rotatable bonds is 3. The zero-order valence-corrected chi connectivity index (χ0v) is 14.0. The van der Waals surface area contributed by atoms with Crippen molar-refractivity contribution >= 4 is 18.3 Å². The number of carbonyl (C=O) groups is 1. The number of benzene rings is 1. The van der Waals surface area contributed by atoms with E-state index in [1.807, 2.05) is 24.5 Å². The van der Waals surface area contributed by atoms with Crippen LogP contribution in [0.1, 0.15) is 28.2 Å². The van der Waals surface area contributed by atoms with Gasteiger partial charge < -0.3 is 15.2 Å². The van der Waals surface area contributed by atoms with Crippen molar-refractivity contribution in [2.24, 2.45) is 0 Å². The smallest absolute Gasteiger partial charge is 0.253 e. The molecule has 1 atom stereocenters. The third-order valence-electron chi connectivity index (χ3n) is 4.16. The third kappa shape index (κ3) is 3.57. The van der Waals surface area contributed by atoms with Crippen molar-refractivity contribution in [1.82, 2.24) is 15.2 Å². The number of halogens is 2. The molecule has 6 heteroatoms. The number of carbonyl (C=O) groups excluding carboxylic acids is 1. The molecule has 0 spiro atoms. The van der Waals surface area contributed by atoms with Gasteiger partial charge in [-0.1, -0.05) is 0 Å². The molecule has 1 unspecified atom stereocenters. The van der Waals surface area contributed by atoms with Gasteiger partial charge in [0.15, 0.2) is 0 Å². The Kier molecular flexibility index (Phi) is 5.44. The van der Waals surface area contributed by atoms with E-state index in [1.165, 1.54) is 12.1 Å². The van der Waals surface area contributed by atoms with Crippen LogP contribution in [0, 0.1) is 19.7 Å². The van der Waals surface area contributed by atoms with E-state index in [4.69, 9.17) is 0 Å². The van der Waals surface area contributed by atoms with Gasteiger partial charge in [-0.2, -0.15) is 0 Å². The van der Waals surface area contributed by atoms with Gasteiger partial charge in [-0.15, -0.1) is 12.4 Å². The van der Waals surface area contributed by atoms with Crippen LogP contribution in [0.15, 0.2) is 30.3 Å². The SMILES string of the molecule is Cc1cc(C(=O)NC2CCNC2)c(C)n1-c1ccc(F)cc1.Cl. The van der Waals surface area contributed by atoms with E-state index in [9.17, 15) is 9.18 Å². The van der Waals surface area contributed by atoms with Gasteiger partial charge in [-0.05, 0) is 57.1 Å². The summed E-state index contributed by atoms with van der Waals surface area (Å²) in [6.07, 6.45) is 0.961. The van der Waals surface area contributed by atoms with Crippen molar-refractivity contribution in [3.8, 4) is 5.69 Å². The zero-order valence-electron chi connectivity index (χ0n) is 13.2. The largest absolute Gasteiger partial charge is 0.348 e. The van der Waals surface area contributed by atoms with E-state index in [2.05, 4.69) is 10.6 Å². The molecule has 2 N–H and O–H groups in total. The molecule has 0 saturated carbocycles. The van der Waals surface area contributed by atoms with Gasteiger partial charge in [-0.25, -0.2) is 4.39 Å². The highest BCUT2D eigenvalue weighted by atomic mass is 35.5. The molecule has 0 bridgehead atoms. The molecule has 1 amide bonds. The average Bonchev–Trinajstić information content (AvgIpc) is 3.09. The lowest BCUT2D eigenvalue weighted by molar-refractivity contribution is 0.0939. The molecule has 2 aromatic rings. The van der Waals surface area contributed by atoms with Crippen LogP contribution >= 0.6 is 12.4 Å². The van der Waals surface area contributed by atoms with Gasteiger partial charge in [0.1, 0.15) is 5.82 Å². The summed E-state index contributed by atoms with van der Waals surface area (Å²) >= 11 is 0. The maximum absolute atomic E-state index is 13.1. The summed E-state index contributed by atoms with van der Waals surface area (Å²) in [5, 5.41) is 6.30. The molecule has 1 aromatic heterocycles. The fourth-order valence-electron chi connectivity index (χ4n) is 3.02. The highest BCUT2D eigenvalue weighted by molar-refractivity contribution is 5.96. The Morgan fingerprint density at radius 3 is 2.61 bits per heavy atom. The lowest BCUT2D eigenvalue weighted by Crippen LogP contribution is -2.36. The van der Waals surface area contributed by atoms with Crippen LogP contribution in [0.4, 0.5) is 4.39 Å². The average molecular weight is 338 g/mol. The molecule has 1 fully saturated rings. The third-order valence-corrected chi connectivity index (χ3v) is 4.16. The number of aryl methyl sites for hydroxylation is 1. The van der Waals surface area contributed by atoms with Crippen molar-refractivity contribution in [2.45, 2.75) is 26.3 Å². The second-order valence-corrected chi connectivity index (χ2v) is 5.76. The second-order valence-electron chi connectivity index (χ2n) is 5.76. The first kappa shape index (κ1) is 17.5. The van der Waals surface area contributed by atoms with Crippen molar-refractivity contribution in [3.63, 3.8) is 0 Å². The Morgan fingerprint density at radius 2 is 2.00 bits per heavy atom. The van der Waals surface area contributed by atoms with Gasteiger partial charge in [0.05, 0.1) is 5.56 Å². The first-order valence-corrected chi connectivity index (χ1v) is 7.52. The highest BCUT2D eigenvalue weighted by Gasteiger charge is 2.21. The van der Waals surface area contributed by atoms with Crippen LogP contribution in [0.2, 0.25) is 0 Å². The molecule has 1 aliphatic heterocycles. The molecule has 0 radical (unpaired) electrons. The molecular formula is C17H21ClFN3O. The molecule has 0 aliphatic carbocycles. The zero-order chi connectivity index (χ0) is 15.7. The number of aromatic nitrogens is 1. The molecule has 1 aliphatic rings. The number of amides is 1. The molecular weight excluding hydrogens is 317 g/mol. The molecule has 1 saturated heterocycles. The van der Waals surface area contributed by atoms with Crippen LogP contribution in [-0.4, -0.2) is 29.6 Å². The van der Waals surface area contributed by atoms with E-state index in [0.29, 0.717) is 5.56 Å². The Morgan fingerprint density at radius 1 is 1.30 bits per heavy atom. The molecule has 1 aromatic carbocycles.